The summed E-state index contributed by atoms with van der Waals surface area (Å²) >= 11 is 0. The van der Waals surface area contributed by atoms with Crippen molar-refractivity contribution in [1.29, 1.82) is 0 Å². The van der Waals surface area contributed by atoms with Gasteiger partial charge in [0.15, 0.2) is 0 Å². The molecule has 1 saturated carbocycles. The number of carboxylic acid groups (broad SMARTS) is 1. The number of nitrogens with zero attached hydrogens (tertiary/aromatic N) is 1. The number of rotatable bonds is 5. The number of benzene rings is 1. The number of carbonyl (C=O) groups is 1. The Morgan fingerprint density at radius 2 is 1.91 bits per heavy atom. The summed E-state index contributed by atoms with van der Waals surface area (Å²) in [7, 11) is 0. The maximum atomic E-state index is 12.0. The predicted molar refractivity (Wildman–Crippen MR) is 86.7 cm³/mol. The molecule has 0 spiro atoms. The molecule has 1 N–H and O–H groups in total. The molecule has 1 fully saturated rings. The highest BCUT2D eigenvalue weighted by Crippen LogP contribution is 2.27. The van der Waals surface area contributed by atoms with E-state index in [2.05, 4.69) is 0 Å². The van der Waals surface area contributed by atoms with Crippen LogP contribution in [-0.4, -0.2) is 21.7 Å². The number of ether oxygens (including phenoxy) is 1. The second-order valence-corrected chi connectivity index (χ2v) is 5.83. The van der Waals surface area contributed by atoms with Crippen molar-refractivity contribution in [3.8, 4) is 16.9 Å². The third-order valence-electron chi connectivity index (χ3n) is 4.07. The quantitative estimate of drug-likeness (QED) is 0.921. The number of aliphatic carboxylic acids is 1. The molecule has 0 atom stereocenters. The summed E-state index contributed by atoms with van der Waals surface area (Å²) in [4.78, 5) is 22.7. The average molecular weight is 313 g/mol. The van der Waals surface area contributed by atoms with Crippen LogP contribution in [0, 0.1) is 0 Å². The zero-order valence-corrected chi connectivity index (χ0v) is 12.8. The zero-order valence-electron chi connectivity index (χ0n) is 12.8. The van der Waals surface area contributed by atoms with E-state index < -0.39 is 5.97 Å². The minimum absolute atomic E-state index is 0.286. The van der Waals surface area contributed by atoms with Crippen LogP contribution in [0.5, 0.6) is 5.75 Å². The minimum atomic E-state index is -1.04. The van der Waals surface area contributed by atoms with Crippen LogP contribution in [0.15, 0.2) is 47.4 Å². The largest absolute Gasteiger partial charge is 0.490 e. The van der Waals surface area contributed by atoms with Crippen LogP contribution in [-0.2, 0) is 11.3 Å². The van der Waals surface area contributed by atoms with Gasteiger partial charge in [-0.25, -0.2) is 0 Å². The summed E-state index contributed by atoms with van der Waals surface area (Å²) in [6.45, 7) is -0.329. The highest BCUT2D eigenvalue weighted by atomic mass is 16.5. The van der Waals surface area contributed by atoms with E-state index in [9.17, 15) is 9.59 Å². The van der Waals surface area contributed by atoms with Crippen molar-refractivity contribution in [2.24, 2.45) is 0 Å². The Bertz CT molecular complexity index is 760. The van der Waals surface area contributed by atoms with Gasteiger partial charge >= 0.3 is 5.97 Å². The predicted octanol–water partition coefficient (Wildman–Crippen LogP) is 2.92. The first-order valence-electron chi connectivity index (χ1n) is 7.81. The van der Waals surface area contributed by atoms with Gasteiger partial charge in [0, 0.05) is 12.3 Å². The van der Waals surface area contributed by atoms with Crippen LogP contribution in [0.25, 0.3) is 11.1 Å². The summed E-state index contributed by atoms with van der Waals surface area (Å²) in [5.41, 5.74) is 1.32. The van der Waals surface area contributed by atoms with Gasteiger partial charge in [0.05, 0.1) is 6.10 Å². The smallest absolute Gasteiger partial charge is 0.323 e. The van der Waals surface area contributed by atoms with Crippen molar-refractivity contribution in [2.45, 2.75) is 38.3 Å². The van der Waals surface area contributed by atoms with Crippen LogP contribution < -0.4 is 10.3 Å². The highest BCUT2D eigenvalue weighted by Gasteiger charge is 2.16. The molecule has 3 rings (SSSR count). The summed E-state index contributed by atoms with van der Waals surface area (Å²) < 4.78 is 7.15. The van der Waals surface area contributed by atoms with Crippen LogP contribution in [0.2, 0.25) is 0 Å². The van der Waals surface area contributed by atoms with Crippen LogP contribution in [0.3, 0.4) is 0 Å². The SMILES string of the molecule is O=C(O)Cn1ccc(-c2cccc(OC3CCCC3)c2)cc1=O. The Kier molecular flexibility index (Phi) is 4.46. The lowest BCUT2D eigenvalue weighted by Crippen LogP contribution is -2.22. The first-order chi connectivity index (χ1) is 11.1. The van der Waals surface area contributed by atoms with E-state index in [0.717, 1.165) is 29.7 Å². The Labute approximate surface area is 134 Å². The normalized spacial score (nSPS) is 14.8. The Hall–Kier alpha value is -2.56. The maximum absolute atomic E-state index is 12.0. The standard InChI is InChI=1S/C18H19NO4/c20-17-11-14(8-9-19(17)12-18(21)22)13-4-3-7-16(10-13)23-15-5-1-2-6-15/h3-4,7-11,15H,1-2,5-6,12H2,(H,21,22). The molecule has 1 aliphatic rings. The lowest BCUT2D eigenvalue weighted by Gasteiger charge is -2.14. The fourth-order valence-corrected chi connectivity index (χ4v) is 2.91. The monoisotopic (exact) mass is 313 g/mol. The number of aromatic nitrogens is 1. The molecule has 1 heterocycles. The molecular weight excluding hydrogens is 294 g/mol. The number of hydrogen-bond acceptors (Lipinski definition) is 3. The van der Waals surface area contributed by atoms with Crippen LogP contribution >= 0.6 is 0 Å². The van der Waals surface area contributed by atoms with E-state index >= 15 is 0 Å². The van der Waals surface area contributed by atoms with E-state index in [1.807, 2.05) is 24.3 Å². The molecule has 0 bridgehead atoms. The van der Waals surface area contributed by atoms with E-state index in [-0.39, 0.29) is 18.2 Å². The van der Waals surface area contributed by atoms with Gasteiger partial charge in [-0.1, -0.05) is 12.1 Å². The first kappa shape index (κ1) is 15.3. The van der Waals surface area contributed by atoms with Gasteiger partial charge in [0.1, 0.15) is 12.3 Å². The summed E-state index contributed by atoms with van der Waals surface area (Å²) in [6, 6.07) is 10.9. The molecule has 0 unspecified atom stereocenters. The lowest BCUT2D eigenvalue weighted by atomic mass is 10.1. The number of carboxylic acids is 1. The van der Waals surface area contributed by atoms with E-state index in [1.165, 1.54) is 29.7 Å². The van der Waals surface area contributed by atoms with Gasteiger partial charge in [-0.2, -0.15) is 0 Å². The van der Waals surface area contributed by atoms with Gasteiger partial charge in [0.25, 0.3) is 5.56 Å². The molecule has 0 radical (unpaired) electrons. The second kappa shape index (κ2) is 6.69. The van der Waals surface area contributed by atoms with Gasteiger partial charge in [-0.05, 0) is 55.0 Å². The van der Waals surface area contributed by atoms with Crippen molar-refractivity contribution >= 4 is 5.97 Å². The molecule has 1 aromatic heterocycles. The molecule has 120 valence electrons. The number of pyridine rings is 1. The third-order valence-corrected chi connectivity index (χ3v) is 4.07. The van der Waals surface area contributed by atoms with Gasteiger partial charge in [0.2, 0.25) is 0 Å². The summed E-state index contributed by atoms with van der Waals surface area (Å²) in [5.74, 6) is -0.226. The van der Waals surface area contributed by atoms with Crippen molar-refractivity contribution < 1.29 is 14.6 Å². The van der Waals surface area contributed by atoms with Crippen LogP contribution in [0.4, 0.5) is 0 Å². The molecular formula is C18H19NO4. The zero-order chi connectivity index (χ0) is 16.2. The van der Waals surface area contributed by atoms with E-state index in [1.54, 1.807) is 6.07 Å². The Balaban J connectivity index is 1.82. The molecule has 0 amide bonds. The summed E-state index contributed by atoms with van der Waals surface area (Å²) in [6.07, 6.45) is 6.41. The Morgan fingerprint density at radius 3 is 2.61 bits per heavy atom. The van der Waals surface area contributed by atoms with Crippen molar-refractivity contribution in [2.75, 3.05) is 0 Å². The average Bonchev–Trinajstić information content (AvgIpc) is 3.02. The van der Waals surface area contributed by atoms with Crippen molar-refractivity contribution in [3.05, 3.63) is 52.9 Å². The first-order valence-corrected chi connectivity index (χ1v) is 7.81. The third kappa shape index (κ3) is 3.80. The molecule has 5 heteroatoms. The van der Waals surface area contributed by atoms with Crippen LogP contribution in [0.1, 0.15) is 25.7 Å². The van der Waals surface area contributed by atoms with Gasteiger partial charge in [-0.15, -0.1) is 0 Å². The molecule has 23 heavy (non-hydrogen) atoms. The second-order valence-electron chi connectivity index (χ2n) is 5.83. The van der Waals surface area contributed by atoms with E-state index in [4.69, 9.17) is 9.84 Å². The van der Waals surface area contributed by atoms with Crippen molar-refractivity contribution in [1.82, 2.24) is 4.57 Å². The minimum Gasteiger partial charge on any atom is -0.490 e. The topological polar surface area (TPSA) is 68.5 Å². The number of hydrogen-bond donors (Lipinski definition) is 1. The maximum Gasteiger partial charge on any atom is 0.323 e. The lowest BCUT2D eigenvalue weighted by molar-refractivity contribution is -0.137. The molecule has 5 nitrogen and oxygen atoms in total. The molecule has 2 aromatic rings. The molecule has 0 saturated heterocycles. The van der Waals surface area contributed by atoms with Crippen molar-refractivity contribution in [3.63, 3.8) is 0 Å². The fraction of sp³-hybridized carbons (Fsp3) is 0.333. The molecule has 1 aromatic carbocycles. The molecule has 0 aliphatic heterocycles. The van der Waals surface area contributed by atoms with E-state index in [0.29, 0.717) is 0 Å². The summed E-state index contributed by atoms with van der Waals surface area (Å²) in [5, 5.41) is 8.77. The van der Waals surface area contributed by atoms with Gasteiger partial charge in [-0.3, -0.25) is 9.59 Å². The Morgan fingerprint density at radius 1 is 1.17 bits per heavy atom. The molecule has 1 aliphatic carbocycles. The van der Waals surface area contributed by atoms with Gasteiger partial charge < -0.3 is 14.4 Å². The highest BCUT2D eigenvalue weighted by molar-refractivity contribution is 5.67. The fourth-order valence-electron chi connectivity index (χ4n) is 2.91.